The van der Waals surface area contributed by atoms with Gasteiger partial charge in [-0.05, 0) is 101 Å². The first-order chi connectivity index (χ1) is 47.5. The lowest BCUT2D eigenvalue weighted by Crippen LogP contribution is -1.94. The fourth-order valence-corrected chi connectivity index (χ4v) is 8.49. The predicted octanol–water partition coefficient (Wildman–Crippen LogP) is 16.3. The number of aliphatic hydroxyl groups is 3. The maximum atomic E-state index is 9.58. The van der Waals surface area contributed by atoms with Crippen LogP contribution in [-0.2, 0) is 68.6 Å². The van der Waals surface area contributed by atoms with Crippen molar-refractivity contribution in [2.24, 2.45) is 0 Å². The number of phenols is 12. The van der Waals surface area contributed by atoms with Crippen molar-refractivity contribution in [3.63, 3.8) is 0 Å². The average molecular weight is 1360 g/mol. The highest BCUT2D eigenvalue weighted by atomic mass is 16.5. The summed E-state index contributed by atoms with van der Waals surface area (Å²) in [7, 11) is 0. The first-order valence-corrected chi connectivity index (χ1v) is 30.7. The molecule has 100 heavy (non-hydrogen) atoms. The van der Waals surface area contributed by atoms with Crippen LogP contribution in [-0.4, -0.2) is 76.6 Å². The van der Waals surface area contributed by atoms with Crippen LogP contribution in [0.1, 0.15) is 76.1 Å². The van der Waals surface area contributed by atoms with Gasteiger partial charge in [-0.1, -0.05) is 233 Å². The molecule has 0 heterocycles. The van der Waals surface area contributed by atoms with Crippen LogP contribution in [0, 0.1) is 0 Å². The molecule has 0 radical (unpaired) electrons. The Morgan fingerprint density at radius 3 is 0.440 bits per heavy atom. The second kappa shape index (κ2) is 47.0. The molecule has 0 atom stereocenters. The van der Waals surface area contributed by atoms with Gasteiger partial charge in [-0.15, -0.1) is 0 Å². The molecule has 17 heteroatoms. The van der Waals surface area contributed by atoms with E-state index in [9.17, 15) is 40.9 Å². The van der Waals surface area contributed by atoms with Gasteiger partial charge in [-0.25, -0.2) is 0 Å². The first kappa shape index (κ1) is 82.3. The lowest BCUT2D eigenvalue weighted by molar-refractivity contribution is 0.104. The zero-order valence-electron chi connectivity index (χ0n) is 53.7. The maximum absolute atomic E-state index is 9.58. The fraction of sp³-hybridized carbons (Fsp3) is 0.133. The predicted molar refractivity (Wildman–Crippen MR) is 391 cm³/mol. The van der Waals surface area contributed by atoms with Crippen LogP contribution in [0.2, 0.25) is 0 Å². The Kier molecular flexibility index (Phi) is 38.7. The van der Waals surface area contributed by atoms with Gasteiger partial charge in [0, 0.05) is 51.8 Å². The van der Waals surface area contributed by atoms with Crippen LogP contribution in [0.15, 0.2) is 297 Å². The van der Waals surface area contributed by atoms with E-state index >= 15 is 0 Å². The molecule has 0 aromatic heterocycles. The molecule has 0 saturated heterocycles. The molecule has 0 spiro atoms. The van der Waals surface area contributed by atoms with Crippen LogP contribution in [0.3, 0.4) is 0 Å². The van der Waals surface area contributed by atoms with E-state index in [4.69, 9.17) is 45.2 Å². The Morgan fingerprint density at radius 1 is 0.170 bits per heavy atom. The summed E-state index contributed by atoms with van der Waals surface area (Å²) in [5, 5.41) is 138. The van der Waals surface area contributed by atoms with Gasteiger partial charge < -0.3 is 86.1 Å². The van der Waals surface area contributed by atoms with Crippen molar-refractivity contribution in [3.8, 4) is 69.0 Å². The Balaban J connectivity index is 0.000000301. The number of para-hydroxylation sites is 12. The summed E-state index contributed by atoms with van der Waals surface area (Å²) in [5.74, 6) is 2.75. The van der Waals surface area contributed by atoms with Crippen LogP contribution in [0.5, 0.6) is 69.0 Å². The summed E-state index contributed by atoms with van der Waals surface area (Å²) in [6.45, 7) is 0.968. The molecule has 0 bridgehead atoms. The van der Waals surface area contributed by atoms with E-state index in [0.29, 0.717) is 61.7 Å². The number of rotatable bonds is 15. The molecule has 15 N–H and O–H groups in total. The van der Waals surface area contributed by atoms with E-state index in [0.717, 1.165) is 44.5 Å². The van der Waals surface area contributed by atoms with Crippen LogP contribution >= 0.6 is 0 Å². The number of aromatic hydroxyl groups is 12. The number of ether oxygens (including phenoxy) is 2. The van der Waals surface area contributed by atoms with Gasteiger partial charge in [0.1, 0.15) is 69.0 Å². The molecule has 12 aromatic rings. The molecular formula is C83H90O17. The molecule has 0 amide bonds. The number of phenolic OH excluding ortho intramolecular Hbond substituents is 9. The number of aliphatic hydroxyl groups excluding tert-OH is 3. The van der Waals surface area contributed by atoms with E-state index in [2.05, 4.69) is 0 Å². The summed E-state index contributed by atoms with van der Waals surface area (Å²) in [4.78, 5) is 0. The van der Waals surface area contributed by atoms with Gasteiger partial charge in [-0.3, -0.25) is 0 Å². The summed E-state index contributed by atoms with van der Waals surface area (Å²) in [6.07, 6.45) is 1.08. The van der Waals surface area contributed by atoms with Crippen molar-refractivity contribution < 1.29 is 86.1 Å². The molecule has 0 fully saturated rings. The lowest BCUT2D eigenvalue weighted by Gasteiger charge is -2.07. The highest BCUT2D eigenvalue weighted by Gasteiger charge is 2.08. The van der Waals surface area contributed by atoms with Gasteiger partial charge in [0.15, 0.2) is 0 Å². The molecule has 0 saturated carbocycles. The third kappa shape index (κ3) is 30.4. The Hall–Kier alpha value is -12.0. The van der Waals surface area contributed by atoms with Crippen LogP contribution in [0.4, 0.5) is 0 Å². The van der Waals surface area contributed by atoms with E-state index < -0.39 is 0 Å². The summed E-state index contributed by atoms with van der Waals surface area (Å²) >= 11 is 0. The number of hydrogen-bond donors (Lipinski definition) is 15. The van der Waals surface area contributed by atoms with Crippen molar-refractivity contribution in [2.75, 3.05) is 0 Å². The Bertz CT molecular complexity index is 3730. The molecular weight excluding hydrogens is 1270 g/mol. The topological polar surface area (TPSA) is 322 Å². The van der Waals surface area contributed by atoms with Crippen molar-refractivity contribution >= 4 is 0 Å². The zero-order chi connectivity index (χ0) is 70.7. The Morgan fingerprint density at radius 2 is 0.310 bits per heavy atom. The SMILES string of the molecule is C.C.OCc1ccccc1O.OCc1ccccc1O.OCc1ccccc1O.Oc1ccccc1.Oc1ccccc1COCc1ccccc1O.Oc1ccccc1COCc1ccccc1O.Oc1ccccc1Cc1ccccc1O.Oc1ccccc1Cc1ccccc1O. The normalized spacial score (nSPS) is 9.71. The minimum atomic E-state index is -0.104. The first-order valence-electron chi connectivity index (χ1n) is 30.7. The standard InChI is InChI=1S/2C14H14O3.2C13H12O2.3C7H8O2.C6H6O.2CH4/c2*15-13-7-3-1-5-11(13)9-17-10-12-6-2-4-8-14(12)16;2*14-12-7-3-1-5-10(12)9-11-6-2-4-8-13(11)15;3*8-5-6-3-1-2-4-7(6)9;7-6-4-2-1-3-5-6;;/h2*1-8,15-16H,9-10H2;2*1-8,14-15H,9H2;3*1-4,8-9H,5H2;1-5,7H;2*1H4. The van der Waals surface area contributed by atoms with E-state index in [1.54, 1.807) is 218 Å². The maximum Gasteiger partial charge on any atom is 0.121 e. The summed E-state index contributed by atoms with van der Waals surface area (Å²) in [6, 6.07) is 85.6. The van der Waals surface area contributed by atoms with E-state index in [1.807, 2.05) is 78.9 Å². The van der Waals surface area contributed by atoms with Crippen molar-refractivity contribution in [2.45, 2.75) is 73.9 Å². The quantitative estimate of drug-likeness (QED) is 0.0453. The molecule has 0 aliphatic carbocycles. The van der Waals surface area contributed by atoms with Gasteiger partial charge in [0.05, 0.1) is 46.2 Å². The second-order valence-corrected chi connectivity index (χ2v) is 21.1. The second-order valence-electron chi connectivity index (χ2n) is 21.1. The molecule has 12 aromatic carbocycles. The average Bonchev–Trinajstić information content (AvgIpc) is 0.900. The fourth-order valence-electron chi connectivity index (χ4n) is 8.49. The summed E-state index contributed by atoms with van der Waals surface area (Å²) < 4.78 is 10.9. The third-order valence-electron chi connectivity index (χ3n) is 14.0. The summed E-state index contributed by atoms with van der Waals surface area (Å²) in [5.41, 5.74) is 7.93. The number of hydrogen-bond acceptors (Lipinski definition) is 17. The highest BCUT2D eigenvalue weighted by Crippen LogP contribution is 2.28. The van der Waals surface area contributed by atoms with Crippen LogP contribution in [0.25, 0.3) is 0 Å². The smallest absolute Gasteiger partial charge is 0.121 e. The highest BCUT2D eigenvalue weighted by molar-refractivity contribution is 5.43. The van der Waals surface area contributed by atoms with Gasteiger partial charge in [0.2, 0.25) is 0 Å². The molecule has 0 aliphatic rings. The molecule has 0 unspecified atom stereocenters. The van der Waals surface area contributed by atoms with E-state index in [1.165, 1.54) is 0 Å². The van der Waals surface area contributed by atoms with Gasteiger partial charge in [-0.2, -0.15) is 0 Å². The van der Waals surface area contributed by atoms with Gasteiger partial charge in [0.25, 0.3) is 0 Å². The number of benzene rings is 12. The largest absolute Gasteiger partial charge is 0.508 e. The van der Waals surface area contributed by atoms with Crippen molar-refractivity contribution in [1.82, 2.24) is 0 Å². The molecule has 12 rings (SSSR count). The minimum absolute atomic E-state index is 0. The molecule has 0 aliphatic heterocycles. The van der Waals surface area contributed by atoms with Gasteiger partial charge >= 0.3 is 0 Å². The lowest BCUT2D eigenvalue weighted by atomic mass is 10.0. The van der Waals surface area contributed by atoms with Crippen molar-refractivity contribution in [1.29, 1.82) is 0 Å². The van der Waals surface area contributed by atoms with E-state index in [-0.39, 0.29) is 97.9 Å². The minimum Gasteiger partial charge on any atom is -0.508 e. The Labute approximate surface area is 584 Å². The zero-order valence-corrected chi connectivity index (χ0v) is 53.7. The van der Waals surface area contributed by atoms with Crippen LogP contribution < -0.4 is 0 Å². The molecule has 17 nitrogen and oxygen atoms in total. The molecule has 524 valence electrons. The van der Waals surface area contributed by atoms with Crippen molar-refractivity contribution in [3.05, 3.63) is 358 Å². The monoisotopic (exact) mass is 1360 g/mol. The third-order valence-corrected chi connectivity index (χ3v) is 14.0.